The van der Waals surface area contributed by atoms with Gasteiger partial charge in [-0.15, -0.1) is 0 Å². The van der Waals surface area contributed by atoms with Crippen LogP contribution in [0.4, 0.5) is 16.2 Å². The average Bonchev–Trinajstić information content (AvgIpc) is 2.43. The van der Waals surface area contributed by atoms with Gasteiger partial charge >= 0.3 is 6.03 Å². The number of nitrogens with one attached hydrogen (secondary N) is 2. The second kappa shape index (κ2) is 6.97. The van der Waals surface area contributed by atoms with Gasteiger partial charge in [-0.3, -0.25) is 0 Å². The van der Waals surface area contributed by atoms with Crippen LogP contribution in [0.5, 0.6) is 5.75 Å². The lowest BCUT2D eigenvalue weighted by Crippen LogP contribution is -2.19. The third-order valence-electron chi connectivity index (χ3n) is 2.70. The van der Waals surface area contributed by atoms with Crippen molar-refractivity contribution in [3.8, 4) is 5.75 Å². The van der Waals surface area contributed by atoms with Gasteiger partial charge in [-0.25, -0.2) is 4.79 Å². The van der Waals surface area contributed by atoms with Gasteiger partial charge in [0, 0.05) is 18.5 Å². The predicted octanol–water partition coefficient (Wildman–Crippen LogP) is 3.84. The number of halogens is 1. The molecule has 0 aliphatic carbocycles. The average molecular weight is 307 g/mol. The quantitative estimate of drug-likeness (QED) is 0.752. The maximum atomic E-state index is 11.9. The van der Waals surface area contributed by atoms with E-state index in [1.165, 1.54) is 12.1 Å². The summed E-state index contributed by atoms with van der Waals surface area (Å²) in [6.07, 6.45) is 0. The van der Waals surface area contributed by atoms with E-state index >= 15 is 0 Å². The molecule has 0 unspecified atom stereocenters. The second-order valence-electron chi connectivity index (χ2n) is 4.38. The number of benzene rings is 2. The van der Waals surface area contributed by atoms with E-state index in [1.54, 1.807) is 19.2 Å². The van der Waals surface area contributed by atoms with Crippen LogP contribution in [0.3, 0.4) is 0 Å². The summed E-state index contributed by atoms with van der Waals surface area (Å²) in [6, 6.07) is 11.4. The third-order valence-corrected chi connectivity index (χ3v) is 3.00. The molecule has 0 heterocycles. The van der Waals surface area contributed by atoms with E-state index in [0.717, 1.165) is 5.56 Å². The minimum Gasteiger partial charge on any atom is -0.506 e. The SMILES string of the molecule is COCc1cccc(NC(=O)Nc2ccc(O)c(Cl)c2)c1. The minimum atomic E-state index is -0.397. The van der Waals surface area contributed by atoms with Crippen molar-refractivity contribution in [3.05, 3.63) is 53.1 Å². The number of aromatic hydroxyl groups is 1. The zero-order chi connectivity index (χ0) is 15.2. The Hall–Kier alpha value is -2.24. The van der Waals surface area contributed by atoms with Crippen molar-refractivity contribution in [3.63, 3.8) is 0 Å². The lowest BCUT2D eigenvalue weighted by Gasteiger charge is -2.09. The highest BCUT2D eigenvalue weighted by atomic mass is 35.5. The first-order valence-corrected chi connectivity index (χ1v) is 6.60. The minimum absolute atomic E-state index is 0.0325. The van der Waals surface area contributed by atoms with Crippen molar-refractivity contribution in [2.45, 2.75) is 6.61 Å². The van der Waals surface area contributed by atoms with E-state index in [4.69, 9.17) is 16.3 Å². The molecule has 2 rings (SSSR count). The first-order valence-electron chi connectivity index (χ1n) is 6.23. The summed E-state index contributed by atoms with van der Waals surface area (Å²) in [7, 11) is 1.61. The standard InChI is InChI=1S/C15H15ClN2O3/c1-21-9-10-3-2-4-11(7-10)17-15(20)18-12-5-6-14(19)13(16)8-12/h2-8,19H,9H2,1H3,(H2,17,18,20). The van der Waals surface area contributed by atoms with Crippen LogP contribution in [-0.2, 0) is 11.3 Å². The maximum Gasteiger partial charge on any atom is 0.323 e. The molecule has 6 heteroatoms. The van der Waals surface area contributed by atoms with Gasteiger partial charge in [0.1, 0.15) is 5.75 Å². The zero-order valence-electron chi connectivity index (χ0n) is 11.4. The van der Waals surface area contributed by atoms with Crippen molar-refractivity contribution in [2.24, 2.45) is 0 Å². The van der Waals surface area contributed by atoms with Crippen LogP contribution in [0.25, 0.3) is 0 Å². The number of carbonyl (C=O) groups excluding carboxylic acids is 1. The Morgan fingerprint density at radius 1 is 1.19 bits per heavy atom. The van der Waals surface area contributed by atoms with Crippen LogP contribution in [0.15, 0.2) is 42.5 Å². The number of ether oxygens (including phenoxy) is 1. The molecule has 0 saturated heterocycles. The topological polar surface area (TPSA) is 70.6 Å². The summed E-state index contributed by atoms with van der Waals surface area (Å²) < 4.78 is 5.04. The summed E-state index contributed by atoms with van der Waals surface area (Å²) in [5, 5.41) is 14.8. The molecule has 0 aliphatic heterocycles. The van der Waals surface area contributed by atoms with Crippen LogP contribution >= 0.6 is 11.6 Å². The maximum absolute atomic E-state index is 11.9. The van der Waals surface area contributed by atoms with Gasteiger partial charge in [-0.2, -0.15) is 0 Å². The van der Waals surface area contributed by atoms with Crippen LogP contribution in [0.2, 0.25) is 5.02 Å². The highest BCUT2D eigenvalue weighted by molar-refractivity contribution is 6.32. The van der Waals surface area contributed by atoms with E-state index in [-0.39, 0.29) is 10.8 Å². The molecule has 2 aromatic carbocycles. The smallest absolute Gasteiger partial charge is 0.323 e. The van der Waals surface area contributed by atoms with Crippen LogP contribution in [-0.4, -0.2) is 18.2 Å². The molecule has 0 radical (unpaired) electrons. The van der Waals surface area contributed by atoms with Gasteiger partial charge < -0.3 is 20.5 Å². The zero-order valence-corrected chi connectivity index (χ0v) is 12.1. The fourth-order valence-electron chi connectivity index (χ4n) is 1.78. The Kier molecular flexibility index (Phi) is 5.03. The molecular weight excluding hydrogens is 292 g/mol. The number of anilines is 2. The van der Waals surface area contributed by atoms with Crippen molar-refractivity contribution in [2.75, 3.05) is 17.7 Å². The number of phenols is 1. The number of hydrogen-bond acceptors (Lipinski definition) is 3. The van der Waals surface area contributed by atoms with Crippen LogP contribution in [0, 0.1) is 0 Å². The normalized spacial score (nSPS) is 10.2. The predicted molar refractivity (Wildman–Crippen MR) is 82.9 cm³/mol. The van der Waals surface area contributed by atoms with Crippen molar-refractivity contribution in [1.29, 1.82) is 0 Å². The highest BCUT2D eigenvalue weighted by Crippen LogP contribution is 2.26. The monoisotopic (exact) mass is 306 g/mol. The summed E-state index contributed by atoms with van der Waals surface area (Å²) in [4.78, 5) is 11.9. The Bertz CT molecular complexity index is 647. The molecule has 0 atom stereocenters. The molecular formula is C15H15ClN2O3. The summed E-state index contributed by atoms with van der Waals surface area (Å²) in [5.41, 5.74) is 2.11. The van der Waals surface area contributed by atoms with Crippen LogP contribution in [0.1, 0.15) is 5.56 Å². The van der Waals surface area contributed by atoms with Gasteiger partial charge in [-0.1, -0.05) is 23.7 Å². The van der Waals surface area contributed by atoms with E-state index in [2.05, 4.69) is 10.6 Å². The Labute approximate surface area is 127 Å². The van der Waals surface area contributed by atoms with Crippen molar-refractivity contribution >= 4 is 29.0 Å². The van der Waals surface area contributed by atoms with Gasteiger partial charge in [0.05, 0.1) is 11.6 Å². The number of phenolic OH excluding ortho intramolecular Hbond substituents is 1. The van der Waals surface area contributed by atoms with Gasteiger partial charge in [0.2, 0.25) is 0 Å². The Balaban J connectivity index is 2.01. The third kappa shape index (κ3) is 4.37. The van der Waals surface area contributed by atoms with E-state index < -0.39 is 6.03 Å². The molecule has 3 N–H and O–H groups in total. The summed E-state index contributed by atoms with van der Waals surface area (Å²) >= 11 is 5.78. The van der Waals surface area contributed by atoms with E-state index in [0.29, 0.717) is 18.0 Å². The number of hydrogen-bond donors (Lipinski definition) is 3. The number of rotatable bonds is 4. The number of amides is 2. The molecule has 21 heavy (non-hydrogen) atoms. The first kappa shape index (κ1) is 15.2. The highest BCUT2D eigenvalue weighted by Gasteiger charge is 2.05. The second-order valence-corrected chi connectivity index (χ2v) is 4.79. The lowest BCUT2D eigenvalue weighted by atomic mass is 10.2. The van der Waals surface area contributed by atoms with Gasteiger partial charge in [0.25, 0.3) is 0 Å². The molecule has 0 spiro atoms. The molecule has 0 aromatic heterocycles. The molecule has 0 bridgehead atoms. The summed E-state index contributed by atoms with van der Waals surface area (Å²) in [6.45, 7) is 0.477. The molecule has 2 aromatic rings. The fourth-order valence-corrected chi connectivity index (χ4v) is 1.96. The number of urea groups is 1. The molecule has 0 saturated carbocycles. The largest absolute Gasteiger partial charge is 0.506 e. The molecule has 0 aliphatic rings. The molecule has 110 valence electrons. The van der Waals surface area contributed by atoms with E-state index in [1.807, 2.05) is 18.2 Å². The van der Waals surface area contributed by atoms with Crippen molar-refractivity contribution in [1.82, 2.24) is 0 Å². The Morgan fingerprint density at radius 2 is 1.90 bits per heavy atom. The molecule has 2 amide bonds. The van der Waals surface area contributed by atoms with E-state index in [9.17, 15) is 9.90 Å². The summed E-state index contributed by atoms with van der Waals surface area (Å²) in [5.74, 6) is -0.0325. The number of methoxy groups -OCH3 is 1. The first-order chi connectivity index (χ1) is 10.1. The fraction of sp³-hybridized carbons (Fsp3) is 0.133. The van der Waals surface area contributed by atoms with Gasteiger partial charge in [0.15, 0.2) is 0 Å². The lowest BCUT2D eigenvalue weighted by molar-refractivity contribution is 0.185. The van der Waals surface area contributed by atoms with Crippen molar-refractivity contribution < 1.29 is 14.6 Å². The molecule has 5 nitrogen and oxygen atoms in total. The number of carbonyl (C=O) groups is 1. The Morgan fingerprint density at radius 3 is 2.57 bits per heavy atom. The molecule has 0 fully saturated rings. The van der Waals surface area contributed by atoms with Crippen LogP contribution < -0.4 is 10.6 Å². The van der Waals surface area contributed by atoms with Gasteiger partial charge in [-0.05, 0) is 35.9 Å².